The van der Waals surface area contributed by atoms with Gasteiger partial charge in [-0.05, 0) is 50.6 Å². The Morgan fingerprint density at radius 3 is 2.56 bits per heavy atom. The second kappa shape index (κ2) is 4.49. The highest BCUT2D eigenvalue weighted by molar-refractivity contribution is 5.82. The summed E-state index contributed by atoms with van der Waals surface area (Å²) in [7, 11) is 0. The lowest BCUT2D eigenvalue weighted by atomic mass is 9.91. The van der Waals surface area contributed by atoms with Gasteiger partial charge in [0.2, 0.25) is 5.91 Å². The quantitative estimate of drug-likeness (QED) is 0.696. The molecule has 1 aliphatic heterocycles. The van der Waals surface area contributed by atoms with Crippen molar-refractivity contribution < 1.29 is 9.90 Å². The van der Waals surface area contributed by atoms with Gasteiger partial charge in [-0.25, -0.2) is 0 Å². The van der Waals surface area contributed by atoms with Gasteiger partial charge in [0.25, 0.3) is 0 Å². The fourth-order valence-corrected chi connectivity index (χ4v) is 3.78. The molecule has 3 rings (SSSR count). The number of amides is 1. The van der Waals surface area contributed by atoms with Crippen molar-refractivity contribution in [3.05, 3.63) is 0 Å². The molecule has 102 valence electrons. The van der Waals surface area contributed by atoms with Crippen molar-refractivity contribution >= 4 is 5.91 Å². The highest BCUT2D eigenvalue weighted by Crippen LogP contribution is 2.58. The average molecular weight is 252 g/mol. The molecule has 3 N–H and O–H groups in total. The smallest absolute Gasteiger partial charge is 0.223 e. The molecule has 0 radical (unpaired) electrons. The zero-order valence-electron chi connectivity index (χ0n) is 11.0. The minimum atomic E-state index is -0.619. The van der Waals surface area contributed by atoms with Crippen LogP contribution in [0.1, 0.15) is 44.9 Å². The van der Waals surface area contributed by atoms with Gasteiger partial charge in [-0.15, -0.1) is 0 Å². The first kappa shape index (κ1) is 12.4. The summed E-state index contributed by atoms with van der Waals surface area (Å²) >= 11 is 0. The summed E-state index contributed by atoms with van der Waals surface area (Å²) in [6, 6.07) is 0. The number of carbonyl (C=O) groups excluding carboxylic acids is 1. The van der Waals surface area contributed by atoms with Gasteiger partial charge in [-0.1, -0.05) is 12.8 Å². The summed E-state index contributed by atoms with van der Waals surface area (Å²) < 4.78 is 0. The first-order chi connectivity index (χ1) is 8.64. The minimum absolute atomic E-state index is 0.178. The normalized spacial score (nSPS) is 32.4. The molecule has 0 aromatic rings. The summed E-state index contributed by atoms with van der Waals surface area (Å²) in [5.41, 5.74) is -0.320. The molecule has 1 unspecified atom stereocenters. The lowest BCUT2D eigenvalue weighted by Gasteiger charge is -2.25. The van der Waals surface area contributed by atoms with Gasteiger partial charge >= 0.3 is 0 Å². The number of nitrogens with one attached hydrogen (secondary N) is 2. The Balaban J connectivity index is 1.48. The van der Waals surface area contributed by atoms with E-state index in [1.165, 1.54) is 0 Å². The van der Waals surface area contributed by atoms with Crippen molar-refractivity contribution in [2.24, 2.45) is 11.3 Å². The van der Waals surface area contributed by atoms with E-state index in [-0.39, 0.29) is 11.8 Å². The van der Waals surface area contributed by atoms with Crippen LogP contribution in [0.2, 0.25) is 0 Å². The van der Waals surface area contributed by atoms with Crippen molar-refractivity contribution in [1.29, 1.82) is 0 Å². The van der Waals surface area contributed by atoms with Crippen LogP contribution in [0.5, 0.6) is 0 Å². The molecule has 18 heavy (non-hydrogen) atoms. The molecule has 2 saturated carbocycles. The zero-order chi connectivity index (χ0) is 12.6. The average Bonchev–Trinajstić information content (AvgIpc) is 2.88. The third kappa shape index (κ3) is 2.28. The first-order valence-electron chi connectivity index (χ1n) is 7.35. The summed E-state index contributed by atoms with van der Waals surface area (Å²) in [5.74, 6) is 0.391. The van der Waals surface area contributed by atoms with E-state index < -0.39 is 5.60 Å². The molecular weight excluding hydrogens is 228 g/mol. The van der Waals surface area contributed by atoms with Crippen LogP contribution < -0.4 is 10.6 Å². The first-order valence-corrected chi connectivity index (χ1v) is 7.35. The monoisotopic (exact) mass is 252 g/mol. The molecule has 4 heteroatoms. The van der Waals surface area contributed by atoms with Gasteiger partial charge < -0.3 is 15.7 Å². The zero-order valence-corrected chi connectivity index (χ0v) is 11.0. The lowest BCUT2D eigenvalue weighted by molar-refractivity contribution is -0.124. The fraction of sp³-hybridized carbons (Fsp3) is 0.929. The maximum Gasteiger partial charge on any atom is 0.223 e. The molecule has 1 heterocycles. The molecule has 1 amide bonds. The van der Waals surface area contributed by atoms with E-state index in [9.17, 15) is 9.90 Å². The van der Waals surface area contributed by atoms with E-state index in [1.807, 2.05) is 0 Å². The van der Waals surface area contributed by atoms with Crippen LogP contribution in [0, 0.1) is 11.3 Å². The Morgan fingerprint density at radius 2 is 1.89 bits per heavy atom. The van der Waals surface area contributed by atoms with E-state index in [2.05, 4.69) is 10.6 Å². The minimum Gasteiger partial charge on any atom is -0.388 e. The van der Waals surface area contributed by atoms with Crippen LogP contribution in [0.4, 0.5) is 0 Å². The van der Waals surface area contributed by atoms with Gasteiger partial charge in [0.1, 0.15) is 0 Å². The number of aliphatic hydroxyl groups is 1. The maximum atomic E-state index is 12.1. The van der Waals surface area contributed by atoms with Crippen LogP contribution in [0.15, 0.2) is 0 Å². The number of piperidine rings is 1. The Labute approximate surface area is 109 Å². The van der Waals surface area contributed by atoms with Gasteiger partial charge in [0, 0.05) is 12.5 Å². The number of hydrogen-bond donors (Lipinski definition) is 3. The van der Waals surface area contributed by atoms with E-state index >= 15 is 0 Å². The third-order valence-electron chi connectivity index (χ3n) is 5.23. The molecule has 3 aliphatic rings. The standard InChI is InChI=1S/C14H24N2O2/c17-12(16-10-14(18)3-1-2-4-14)11-9-13(11)5-7-15-8-6-13/h11,15,18H,1-10H2,(H,16,17). The highest BCUT2D eigenvalue weighted by atomic mass is 16.3. The Bertz CT molecular complexity index is 331. The second-order valence-corrected chi connectivity index (χ2v) is 6.52. The number of hydrogen-bond acceptors (Lipinski definition) is 3. The van der Waals surface area contributed by atoms with Gasteiger partial charge in [-0.3, -0.25) is 4.79 Å². The summed E-state index contributed by atoms with van der Waals surface area (Å²) in [6.45, 7) is 2.55. The molecule has 1 spiro atoms. The van der Waals surface area contributed by atoms with E-state index in [0.29, 0.717) is 12.0 Å². The van der Waals surface area contributed by atoms with Crippen LogP contribution in [0.25, 0.3) is 0 Å². The van der Waals surface area contributed by atoms with Crippen LogP contribution in [0.3, 0.4) is 0 Å². The van der Waals surface area contributed by atoms with E-state index in [4.69, 9.17) is 0 Å². The van der Waals surface area contributed by atoms with Crippen molar-refractivity contribution in [1.82, 2.24) is 10.6 Å². The molecule has 1 saturated heterocycles. The molecule has 0 aromatic carbocycles. The van der Waals surface area contributed by atoms with Gasteiger partial charge in [-0.2, -0.15) is 0 Å². The lowest BCUT2D eigenvalue weighted by Crippen LogP contribution is -2.42. The Morgan fingerprint density at radius 1 is 1.22 bits per heavy atom. The van der Waals surface area contributed by atoms with Crippen molar-refractivity contribution in [2.45, 2.75) is 50.5 Å². The third-order valence-corrected chi connectivity index (χ3v) is 5.23. The van der Waals surface area contributed by atoms with E-state index in [1.54, 1.807) is 0 Å². The predicted molar refractivity (Wildman–Crippen MR) is 69.1 cm³/mol. The van der Waals surface area contributed by atoms with Crippen LogP contribution in [-0.4, -0.2) is 36.2 Å². The predicted octanol–water partition coefficient (Wildman–Crippen LogP) is 0.797. The van der Waals surface area contributed by atoms with Gasteiger partial charge in [0.05, 0.1) is 5.60 Å². The molecule has 4 nitrogen and oxygen atoms in total. The summed E-state index contributed by atoms with van der Waals surface area (Å²) in [6.07, 6.45) is 7.18. The molecule has 1 atom stereocenters. The maximum absolute atomic E-state index is 12.1. The van der Waals surface area contributed by atoms with Crippen molar-refractivity contribution in [3.8, 4) is 0 Å². The number of rotatable bonds is 3. The highest BCUT2D eigenvalue weighted by Gasteiger charge is 2.57. The summed E-state index contributed by atoms with van der Waals surface area (Å²) in [5, 5.41) is 16.6. The fourth-order valence-electron chi connectivity index (χ4n) is 3.78. The Hall–Kier alpha value is -0.610. The topological polar surface area (TPSA) is 61.4 Å². The van der Waals surface area contributed by atoms with E-state index in [0.717, 1.165) is 58.0 Å². The van der Waals surface area contributed by atoms with Gasteiger partial charge in [0.15, 0.2) is 0 Å². The van der Waals surface area contributed by atoms with Crippen molar-refractivity contribution in [2.75, 3.05) is 19.6 Å². The van der Waals surface area contributed by atoms with Crippen LogP contribution >= 0.6 is 0 Å². The SMILES string of the molecule is O=C(NCC1(O)CCCC1)C1CC12CCNCC2. The molecular formula is C14H24N2O2. The molecule has 0 bridgehead atoms. The molecule has 0 aromatic heterocycles. The molecule has 2 aliphatic carbocycles. The summed E-state index contributed by atoms with van der Waals surface area (Å²) in [4.78, 5) is 12.1. The second-order valence-electron chi connectivity index (χ2n) is 6.52. The van der Waals surface area contributed by atoms with Crippen LogP contribution in [-0.2, 0) is 4.79 Å². The number of carbonyl (C=O) groups is 1. The largest absolute Gasteiger partial charge is 0.388 e. The Kier molecular flexibility index (Phi) is 3.10. The van der Waals surface area contributed by atoms with Crippen molar-refractivity contribution in [3.63, 3.8) is 0 Å². The molecule has 3 fully saturated rings.